The van der Waals surface area contributed by atoms with Crippen LogP contribution in [0.15, 0.2) is 30.3 Å². The van der Waals surface area contributed by atoms with Crippen LogP contribution in [0.25, 0.3) is 0 Å². The van der Waals surface area contributed by atoms with Gasteiger partial charge >= 0.3 is 0 Å². The second kappa shape index (κ2) is 6.53. The Kier molecular flexibility index (Phi) is 5.00. The molecule has 0 aliphatic heterocycles. The van der Waals surface area contributed by atoms with Gasteiger partial charge < -0.3 is 10.5 Å². The minimum absolute atomic E-state index is 0.0950. The Labute approximate surface area is 117 Å². The van der Waals surface area contributed by atoms with Crippen molar-refractivity contribution < 1.29 is 4.74 Å². The molecule has 2 nitrogen and oxygen atoms in total. The second-order valence-electron chi connectivity index (χ2n) is 6.07. The van der Waals surface area contributed by atoms with E-state index in [4.69, 9.17) is 10.5 Å². The molecule has 0 radical (unpaired) electrons. The van der Waals surface area contributed by atoms with E-state index in [1.807, 2.05) is 0 Å². The summed E-state index contributed by atoms with van der Waals surface area (Å²) in [7, 11) is 0. The van der Waals surface area contributed by atoms with Crippen LogP contribution in [0.2, 0.25) is 0 Å². The summed E-state index contributed by atoms with van der Waals surface area (Å²) in [5.41, 5.74) is 8.06. The third kappa shape index (κ3) is 3.37. The summed E-state index contributed by atoms with van der Waals surface area (Å²) in [6, 6.07) is 10.9. The highest BCUT2D eigenvalue weighted by Gasteiger charge is 2.39. The van der Waals surface area contributed by atoms with E-state index in [0.717, 1.165) is 0 Å². The van der Waals surface area contributed by atoms with Crippen LogP contribution in [-0.2, 0) is 10.2 Å². The maximum absolute atomic E-state index is 6.54. The van der Waals surface area contributed by atoms with E-state index in [0.29, 0.717) is 6.61 Å². The predicted molar refractivity (Wildman–Crippen MR) is 80.3 cm³/mol. The van der Waals surface area contributed by atoms with Gasteiger partial charge in [-0.25, -0.2) is 0 Å². The van der Waals surface area contributed by atoms with Crippen LogP contribution < -0.4 is 5.73 Å². The molecule has 1 aliphatic rings. The minimum atomic E-state index is 0.0950. The van der Waals surface area contributed by atoms with Gasteiger partial charge in [0.15, 0.2) is 0 Å². The fourth-order valence-corrected chi connectivity index (χ4v) is 3.28. The lowest BCUT2D eigenvalue weighted by Crippen LogP contribution is -2.49. The average molecular weight is 261 g/mol. The van der Waals surface area contributed by atoms with Gasteiger partial charge in [-0.2, -0.15) is 0 Å². The van der Waals surface area contributed by atoms with Gasteiger partial charge in [0.25, 0.3) is 0 Å². The molecule has 1 fully saturated rings. The molecule has 1 saturated carbocycles. The van der Waals surface area contributed by atoms with Crippen LogP contribution in [0, 0.1) is 0 Å². The van der Waals surface area contributed by atoms with Gasteiger partial charge in [-0.05, 0) is 32.3 Å². The summed E-state index contributed by atoms with van der Waals surface area (Å²) in [6.45, 7) is 4.80. The number of hydrogen-bond acceptors (Lipinski definition) is 2. The van der Waals surface area contributed by atoms with Crippen LogP contribution in [0.3, 0.4) is 0 Å². The third-order valence-electron chi connectivity index (χ3n) is 4.41. The lowest BCUT2D eigenvalue weighted by molar-refractivity contribution is 0.0443. The molecule has 19 heavy (non-hydrogen) atoms. The van der Waals surface area contributed by atoms with Gasteiger partial charge in [-0.3, -0.25) is 0 Å². The fourth-order valence-electron chi connectivity index (χ4n) is 3.28. The number of ether oxygens (including phenoxy) is 1. The first-order valence-corrected chi connectivity index (χ1v) is 7.58. The predicted octanol–water partition coefficient (Wildman–Crippen LogP) is 3.64. The van der Waals surface area contributed by atoms with Crippen molar-refractivity contribution in [2.24, 2.45) is 5.73 Å². The first kappa shape index (κ1) is 14.5. The standard InChI is InChI=1S/C17H27NO/c1-14(2)19-13-16(18)17(11-7-4-8-12-17)15-9-5-3-6-10-15/h3,5-6,9-10,14,16H,4,7-8,11-13,18H2,1-2H3. The highest BCUT2D eigenvalue weighted by atomic mass is 16.5. The molecule has 0 saturated heterocycles. The number of benzene rings is 1. The normalized spacial score (nSPS) is 20.4. The quantitative estimate of drug-likeness (QED) is 0.878. The Morgan fingerprint density at radius 1 is 1.11 bits per heavy atom. The van der Waals surface area contributed by atoms with Crippen LogP contribution in [0.1, 0.15) is 51.5 Å². The van der Waals surface area contributed by atoms with Crippen molar-refractivity contribution in [3.8, 4) is 0 Å². The lowest BCUT2D eigenvalue weighted by Gasteiger charge is -2.42. The highest BCUT2D eigenvalue weighted by molar-refractivity contribution is 5.28. The second-order valence-corrected chi connectivity index (χ2v) is 6.07. The maximum atomic E-state index is 6.54. The summed E-state index contributed by atoms with van der Waals surface area (Å²) in [5, 5.41) is 0. The zero-order chi connectivity index (χ0) is 13.7. The Morgan fingerprint density at radius 3 is 2.32 bits per heavy atom. The van der Waals surface area contributed by atoms with Crippen molar-refractivity contribution in [3.63, 3.8) is 0 Å². The molecule has 0 amide bonds. The molecule has 106 valence electrons. The van der Waals surface area contributed by atoms with E-state index in [9.17, 15) is 0 Å². The molecular formula is C17H27NO. The largest absolute Gasteiger partial charge is 0.377 e. The van der Waals surface area contributed by atoms with E-state index in [1.165, 1.54) is 37.7 Å². The summed E-state index contributed by atoms with van der Waals surface area (Å²) in [4.78, 5) is 0. The van der Waals surface area contributed by atoms with Gasteiger partial charge in [-0.15, -0.1) is 0 Å². The van der Waals surface area contributed by atoms with E-state index < -0.39 is 0 Å². The van der Waals surface area contributed by atoms with E-state index in [1.54, 1.807) is 0 Å². The molecule has 0 spiro atoms. The summed E-state index contributed by atoms with van der Waals surface area (Å²) < 4.78 is 5.78. The zero-order valence-corrected chi connectivity index (χ0v) is 12.3. The van der Waals surface area contributed by atoms with E-state index >= 15 is 0 Å². The Morgan fingerprint density at radius 2 is 1.74 bits per heavy atom. The van der Waals surface area contributed by atoms with Gasteiger partial charge in [0, 0.05) is 11.5 Å². The van der Waals surface area contributed by atoms with Crippen molar-refractivity contribution in [2.75, 3.05) is 6.61 Å². The van der Waals surface area contributed by atoms with Crippen molar-refractivity contribution in [1.29, 1.82) is 0 Å². The third-order valence-corrected chi connectivity index (χ3v) is 4.41. The Hall–Kier alpha value is -0.860. The van der Waals surface area contributed by atoms with Gasteiger partial charge in [0.1, 0.15) is 0 Å². The molecule has 0 heterocycles. The summed E-state index contributed by atoms with van der Waals surface area (Å²) in [5.74, 6) is 0. The van der Waals surface area contributed by atoms with Crippen molar-refractivity contribution in [3.05, 3.63) is 35.9 Å². The number of rotatable bonds is 5. The van der Waals surface area contributed by atoms with Gasteiger partial charge in [0.05, 0.1) is 12.7 Å². The Balaban J connectivity index is 2.19. The molecule has 1 unspecified atom stereocenters. The molecule has 2 rings (SSSR count). The van der Waals surface area contributed by atoms with E-state index in [-0.39, 0.29) is 17.6 Å². The first-order chi connectivity index (χ1) is 9.15. The molecule has 0 bridgehead atoms. The first-order valence-electron chi connectivity index (χ1n) is 7.58. The summed E-state index contributed by atoms with van der Waals surface area (Å²) >= 11 is 0. The summed E-state index contributed by atoms with van der Waals surface area (Å²) in [6.07, 6.45) is 6.54. The molecule has 2 heteroatoms. The highest BCUT2D eigenvalue weighted by Crippen LogP contribution is 2.41. The van der Waals surface area contributed by atoms with Gasteiger partial charge in [0.2, 0.25) is 0 Å². The van der Waals surface area contributed by atoms with Crippen LogP contribution in [0.5, 0.6) is 0 Å². The SMILES string of the molecule is CC(C)OCC(N)C1(c2ccccc2)CCCCC1. The number of hydrogen-bond donors (Lipinski definition) is 1. The lowest BCUT2D eigenvalue weighted by atomic mass is 9.65. The number of nitrogens with two attached hydrogens (primary N) is 1. The Bertz CT molecular complexity index is 368. The van der Waals surface area contributed by atoms with E-state index in [2.05, 4.69) is 44.2 Å². The van der Waals surface area contributed by atoms with Crippen LogP contribution in [-0.4, -0.2) is 18.8 Å². The molecule has 1 aromatic carbocycles. The molecule has 0 aromatic heterocycles. The van der Waals surface area contributed by atoms with Crippen LogP contribution >= 0.6 is 0 Å². The zero-order valence-electron chi connectivity index (χ0n) is 12.3. The van der Waals surface area contributed by atoms with Crippen molar-refractivity contribution in [1.82, 2.24) is 0 Å². The van der Waals surface area contributed by atoms with Crippen molar-refractivity contribution in [2.45, 2.75) is 63.5 Å². The van der Waals surface area contributed by atoms with Gasteiger partial charge in [-0.1, -0.05) is 49.6 Å². The average Bonchev–Trinajstić information content (AvgIpc) is 2.46. The molecule has 1 aromatic rings. The molecule has 1 aliphatic carbocycles. The topological polar surface area (TPSA) is 35.2 Å². The minimum Gasteiger partial charge on any atom is -0.377 e. The van der Waals surface area contributed by atoms with Crippen LogP contribution in [0.4, 0.5) is 0 Å². The fraction of sp³-hybridized carbons (Fsp3) is 0.647. The smallest absolute Gasteiger partial charge is 0.0629 e. The van der Waals surface area contributed by atoms with Crippen molar-refractivity contribution >= 4 is 0 Å². The maximum Gasteiger partial charge on any atom is 0.0629 e. The molecule has 2 N–H and O–H groups in total. The molecular weight excluding hydrogens is 234 g/mol. The monoisotopic (exact) mass is 261 g/mol. The molecule has 1 atom stereocenters.